The van der Waals surface area contributed by atoms with Crippen molar-refractivity contribution in [1.29, 1.82) is 0 Å². The summed E-state index contributed by atoms with van der Waals surface area (Å²) in [5.41, 5.74) is 7.46. The quantitative estimate of drug-likeness (QED) is 0.832. The van der Waals surface area contributed by atoms with Gasteiger partial charge < -0.3 is 10.8 Å². The van der Waals surface area contributed by atoms with Crippen LogP contribution in [0.3, 0.4) is 0 Å². The van der Waals surface area contributed by atoms with Gasteiger partial charge in [-0.3, -0.25) is 4.90 Å². The van der Waals surface area contributed by atoms with Crippen molar-refractivity contribution in [2.75, 3.05) is 19.7 Å². The van der Waals surface area contributed by atoms with Crippen LogP contribution in [0.1, 0.15) is 24.8 Å². The molecule has 1 aromatic carbocycles. The molecule has 0 bridgehead atoms. The van der Waals surface area contributed by atoms with E-state index in [1.54, 1.807) is 0 Å². The van der Waals surface area contributed by atoms with E-state index in [0.717, 1.165) is 38.9 Å². The molecule has 1 fully saturated rings. The minimum absolute atomic E-state index is 0.175. The first-order valence-corrected chi connectivity index (χ1v) is 6.92. The van der Waals surface area contributed by atoms with Gasteiger partial charge in [0.1, 0.15) is 0 Å². The van der Waals surface area contributed by atoms with E-state index < -0.39 is 0 Å². The highest BCUT2D eigenvalue weighted by atomic mass is 16.3. The van der Waals surface area contributed by atoms with Crippen molar-refractivity contribution in [2.24, 2.45) is 11.7 Å². The lowest BCUT2D eigenvalue weighted by Gasteiger charge is -2.34. The number of nitrogens with zero attached hydrogens (tertiary/aromatic N) is 1. The molecule has 1 aliphatic rings. The van der Waals surface area contributed by atoms with Crippen LogP contribution in [-0.4, -0.2) is 35.7 Å². The van der Waals surface area contributed by atoms with Crippen molar-refractivity contribution in [1.82, 2.24) is 4.90 Å². The van der Waals surface area contributed by atoms with Gasteiger partial charge >= 0.3 is 0 Å². The first-order chi connectivity index (χ1) is 8.79. The number of aliphatic hydroxyl groups excluding tert-OH is 1. The van der Waals surface area contributed by atoms with Crippen LogP contribution in [0, 0.1) is 5.92 Å². The largest absolute Gasteiger partial charge is 0.396 e. The van der Waals surface area contributed by atoms with Gasteiger partial charge in [-0.15, -0.1) is 0 Å². The third-order valence-corrected chi connectivity index (χ3v) is 3.95. The van der Waals surface area contributed by atoms with Gasteiger partial charge in [0.15, 0.2) is 0 Å². The zero-order valence-electron chi connectivity index (χ0n) is 11.0. The molecule has 0 unspecified atom stereocenters. The Hall–Kier alpha value is -0.900. The van der Waals surface area contributed by atoms with E-state index in [1.807, 2.05) is 0 Å². The smallest absolute Gasteiger partial charge is 0.0445 e. The molecule has 1 heterocycles. The second-order valence-corrected chi connectivity index (χ2v) is 5.28. The van der Waals surface area contributed by atoms with E-state index in [-0.39, 0.29) is 12.6 Å². The molecule has 0 saturated carbocycles. The topological polar surface area (TPSA) is 49.5 Å². The predicted molar refractivity (Wildman–Crippen MR) is 74.1 cm³/mol. The molecule has 2 rings (SSSR count). The lowest BCUT2D eigenvalue weighted by atomic mass is 9.88. The predicted octanol–water partition coefficient (Wildman–Crippen LogP) is 1.61. The molecule has 3 nitrogen and oxygen atoms in total. The van der Waals surface area contributed by atoms with Gasteiger partial charge in [0, 0.05) is 19.2 Å². The third kappa shape index (κ3) is 3.80. The van der Waals surface area contributed by atoms with Crippen molar-refractivity contribution in [3.63, 3.8) is 0 Å². The van der Waals surface area contributed by atoms with Gasteiger partial charge in [-0.25, -0.2) is 0 Å². The fourth-order valence-electron chi connectivity index (χ4n) is 2.77. The van der Waals surface area contributed by atoms with Crippen molar-refractivity contribution >= 4 is 0 Å². The fraction of sp³-hybridized carbons (Fsp3) is 0.600. The van der Waals surface area contributed by atoms with Crippen LogP contribution in [0.4, 0.5) is 0 Å². The first-order valence-electron chi connectivity index (χ1n) is 6.92. The zero-order valence-corrected chi connectivity index (χ0v) is 11.0. The summed E-state index contributed by atoms with van der Waals surface area (Å²) in [5.74, 6) is 0.587. The van der Waals surface area contributed by atoms with Crippen molar-refractivity contribution in [2.45, 2.75) is 31.8 Å². The lowest BCUT2D eigenvalue weighted by molar-refractivity contribution is 0.151. The Bertz CT molecular complexity index is 334. The molecule has 1 saturated heterocycles. The number of nitrogens with two attached hydrogens (primary N) is 1. The lowest BCUT2D eigenvalue weighted by Crippen LogP contribution is -2.41. The van der Waals surface area contributed by atoms with Crippen molar-refractivity contribution < 1.29 is 5.11 Å². The Labute approximate surface area is 110 Å². The highest BCUT2D eigenvalue weighted by Gasteiger charge is 2.23. The van der Waals surface area contributed by atoms with E-state index in [1.165, 1.54) is 5.56 Å². The van der Waals surface area contributed by atoms with Crippen LogP contribution in [0.2, 0.25) is 0 Å². The Morgan fingerprint density at radius 1 is 1.22 bits per heavy atom. The number of piperidine rings is 1. The van der Waals surface area contributed by atoms with Gasteiger partial charge in [-0.1, -0.05) is 30.3 Å². The highest BCUT2D eigenvalue weighted by Crippen LogP contribution is 2.22. The van der Waals surface area contributed by atoms with Crippen LogP contribution < -0.4 is 5.73 Å². The van der Waals surface area contributed by atoms with E-state index in [0.29, 0.717) is 5.92 Å². The number of hydrogen-bond acceptors (Lipinski definition) is 3. The molecule has 1 aromatic rings. The highest BCUT2D eigenvalue weighted by molar-refractivity contribution is 5.14. The summed E-state index contributed by atoms with van der Waals surface area (Å²) >= 11 is 0. The van der Waals surface area contributed by atoms with E-state index in [2.05, 4.69) is 35.2 Å². The van der Waals surface area contributed by atoms with Gasteiger partial charge in [-0.05, 0) is 43.8 Å². The van der Waals surface area contributed by atoms with Crippen LogP contribution in [-0.2, 0) is 6.54 Å². The minimum atomic E-state index is 0.175. The summed E-state index contributed by atoms with van der Waals surface area (Å²) < 4.78 is 0. The van der Waals surface area contributed by atoms with E-state index in [4.69, 9.17) is 10.8 Å². The van der Waals surface area contributed by atoms with E-state index in [9.17, 15) is 0 Å². The molecule has 18 heavy (non-hydrogen) atoms. The molecule has 0 aromatic heterocycles. The molecule has 1 atom stereocenters. The maximum absolute atomic E-state index is 8.92. The molecule has 0 spiro atoms. The Morgan fingerprint density at radius 3 is 2.50 bits per heavy atom. The molecule has 3 N–H and O–H groups in total. The van der Waals surface area contributed by atoms with Crippen LogP contribution in [0.5, 0.6) is 0 Å². The first kappa shape index (κ1) is 13.5. The Morgan fingerprint density at radius 2 is 1.89 bits per heavy atom. The zero-order chi connectivity index (χ0) is 12.8. The molecule has 0 radical (unpaired) electrons. The number of benzene rings is 1. The number of aliphatic hydroxyl groups is 1. The SMILES string of the molecule is N[C@@H](CCO)C1CCN(Cc2ccccc2)CC1. The number of rotatable bonds is 5. The Balaban J connectivity index is 1.77. The number of likely N-dealkylation sites (tertiary alicyclic amines) is 1. The molecule has 100 valence electrons. The van der Waals surface area contributed by atoms with Crippen molar-refractivity contribution in [3.05, 3.63) is 35.9 Å². The Kier molecular flexibility index (Phi) is 5.17. The molecular weight excluding hydrogens is 224 g/mol. The monoisotopic (exact) mass is 248 g/mol. The second kappa shape index (κ2) is 6.88. The molecule has 3 heteroatoms. The van der Waals surface area contributed by atoms with Crippen molar-refractivity contribution in [3.8, 4) is 0 Å². The summed E-state index contributed by atoms with van der Waals surface area (Å²) in [6.07, 6.45) is 3.06. The minimum Gasteiger partial charge on any atom is -0.396 e. The maximum atomic E-state index is 8.92. The normalized spacial score (nSPS) is 19.9. The van der Waals surface area contributed by atoms with Gasteiger partial charge in [0.2, 0.25) is 0 Å². The summed E-state index contributed by atoms with van der Waals surface area (Å²) in [5, 5.41) is 8.92. The summed E-state index contributed by atoms with van der Waals surface area (Å²) in [4.78, 5) is 2.50. The third-order valence-electron chi connectivity index (χ3n) is 3.95. The summed E-state index contributed by atoms with van der Waals surface area (Å²) in [6, 6.07) is 10.8. The van der Waals surface area contributed by atoms with Gasteiger partial charge in [0.25, 0.3) is 0 Å². The summed E-state index contributed by atoms with van der Waals surface area (Å²) in [7, 11) is 0. The second-order valence-electron chi connectivity index (χ2n) is 5.28. The molecular formula is C15H24N2O. The maximum Gasteiger partial charge on any atom is 0.0445 e. The summed E-state index contributed by atoms with van der Waals surface area (Å²) in [6.45, 7) is 3.51. The number of hydrogen-bond donors (Lipinski definition) is 2. The van der Waals surface area contributed by atoms with Gasteiger partial charge in [-0.2, -0.15) is 0 Å². The molecule has 0 amide bonds. The average Bonchev–Trinajstić information content (AvgIpc) is 2.41. The molecule has 0 aliphatic carbocycles. The van der Waals surface area contributed by atoms with E-state index >= 15 is 0 Å². The standard InChI is InChI=1S/C15H24N2O/c16-15(8-11-18)14-6-9-17(10-7-14)12-13-4-2-1-3-5-13/h1-5,14-15,18H,6-12,16H2/t15-/m0/s1. The van der Waals surface area contributed by atoms with Crippen LogP contribution in [0.25, 0.3) is 0 Å². The van der Waals surface area contributed by atoms with Gasteiger partial charge in [0.05, 0.1) is 0 Å². The average molecular weight is 248 g/mol. The molecule has 1 aliphatic heterocycles. The fourth-order valence-corrected chi connectivity index (χ4v) is 2.77. The van der Waals surface area contributed by atoms with Crippen LogP contribution >= 0.6 is 0 Å². The van der Waals surface area contributed by atoms with Crippen LogP contribution in [0.15, 0.2) is 30.3 Å².